The van der Waals surface area contributed by atoms with E-state index in [-0.39, 0.29) is 18.4 Å². The molecular weight excluding hydrogens is 478 g/mol. The number of Topliss-reactive ketones (excluding diaryl/α,β-unsaturated/α-hetero) is 2. The number of anilines is 2. The zero-order valence-corrected chi connectivity index (χ0v) is 16.7. The van der Waals surface area contributed by atoms with E-state index in [2.05, 4.69) is 15.6 Å². The molecule has 182 valence electrons. The number of halogens is 6. The summed E-state index contributed by atoms with van der Waals surface area (Å²) in [5.41, 5.74) is 7.86. The fourth-order valence-corrected chi connectivity index (χ4v) is 2.39. The number of benzene rings is 1. The molecule has 1 aliphatic rings. The summed E-state index contributed by atoms with van der Waals surface area (Å²) in [6, 6.07) is 6.91. The monoisotopic (exact) mass is 492 g/mol. The molecule has 0 radical (unpaired) electrons. The number of amides is 2. The maximum atomic E-state index is 12.1. The van der Waals surface area contributed by atoms with Crippen LogP contribution < -0.4 is 21.1 Å². The number of hydrogen-bond acceptors (Lipinski definition) is 7. The normalized spacial score (nSPS) is 12.8. The SMILES string of the molecule is Nc1cnccc1C(=O)NCc1ccc2c(c1)NC(=O)CO2.O=C(C(=O)C(F)(F)F)C(F)(F)F. The van der Waals surface area contributed by atoms with Crippen molar-refractivity contribution in [2.45, 2.75) is 18.9 Å². The number of hydrogen-bond donors (Lipinski definition) is 3. The minimum Gasteiger partial charge on any atom is -0.482 e. The molecule has 3 rings (SSSR count). The van der Waals surface area contributed by atoms with E-state index in [1.54, 1.807) is 18.2 Å². The predicted octanol–water partition coefficient (Wildman–Crippen LogP) is 2.17. The largest absolute Gasteiger partial charge is 0.482 e. The molecule has 9 nitrogen and oxygen atoms in total. The lowest BCUT2D eigenvalue weighted by Gasteiger charge is -2.18. The number of nitrogens with one attached hydrogen (secondary N) is 2. The third-order valence-electron chi connectivity index (χ3n) is 3.95. The molecule has 15 heteroatoms. The van der Waals surface area contributed by atoms with E-state index in [9.17, 15) is 45.5 Å². The second-order valence-corrected chi connectivity index (χ2v) is 6.47. The number of alkyl halides is 6. The number of rotatable bonds is 4. The van der Waals surface area contributed by atoms with Gasteiger partial charge in [-0.15, -0.1) is 0 Å². The van der Waals surface area contributed by atoms with Gasteiger partial charge in [-0.2, -0.15) is 26.3 Å². The molecule has 0 bridgehead atoms. The van der Waals surface area contributed by atoms with Crippen molar-refractivity contribution < 1.29 is 50.3 Å². The van der Waals surface area contributed by atoms with Gasteiger partial charge in [0.05, 0.1) is 23.1 Å². The van der Waals surface area contributed by atoms with Gasteiger partial charge in [0, 0.05) is 12.7 Å². The first-order valence-corrected chi connectivity index (χ1v) is 8.96. The number of carbonyl (C=O) groups excluding carboxylic acids is 4. The van der Waals surface area contributed by atoms with Crippen molar-refractivity contribution >= 4 is 34.8 Å². The Morgan fingerprint density at radius 2 is 1.68 bits per heavy atom. The maximum Gasteiger partial charge on any atom is 0.458 e. The van der Waals surface area contributed by atoms with Crippen LogP contribution in [-0.2, 0) is 20.9 Å². The summed E-state index contributed by atoms with van der Waals surface area (Å²) in [5.74, 6) is -6.67. The molecule has 2 aromatic rings. The number of nitrogen functional groups attached to an aromatic ring is 1. The molecule has 0 saturated carbocycles. The summed E-state index contributed by atoms with van der Waals surface area (Å²) in [7, 11) is 0. The molecule has 0 atom stereocenters. The minimum atomic E-state index is -5.77. The first-order chi connectivity index (χ1) is 15.7. The Hall–Kier alpha value is -4.17. The van der Waals surface area contributed by atoms with Gasteiger partial charge in [0.15, 0.2) is 6.61 Å². The second-order valence-electron chi connectivity index (χ2n) is 6.47. The predicted molar refractivity (Wildman–Crippen MR) is 103 cm³/mol. The Labute approximate surface area is 186 Å². The van der Waals surface area contributed by atoms with Crippen molar-refractivity contribution in [3.8, 4) is 5.75 Å². The zero-order chi connectivity index (χ0) is 25.7. The number of ether oxygens (including phenoxy) is 1. The fraction of sp³-hybridized carbons (Fsp3) is 0.211. The number of nitrogens with zero attached hydrogens (tertiary/aromatic N) is 1. The molecule has 4 N–H and O–H groups in total. The van der Waals surface area contributed by atoms with E-state index >= 15 is 0 Å². The molecule has 2 heterocycles. The summed E-state index contributed by atoms with van der Waals surface area (Å²) in [6.07, 6.45) is -8.60. The Kier molecular flexibility index (Phi) is 7.81. The number of fused-ring (bicyclic) bond motifs is 1. The first-order valence-electron chi connectivity index (χ1n) is 8.96. The van der Waals surface area contributed by atoms with Gasteiger partial charge in [0.1, 0.15) is 5.75 Å². The van der Waals surface area contributed by atoms with E-state index in [1.807, 2.05) is 6.07 Å². The zero-order valence-electron chi connectivity index (χ0n) is 16.7. The van der Waals surface area contributed by atoms with Crippen molar-refractivity contribution in [2.24, 2.45) is 0 Å². The smallest absolute Gasteiger partial charge is 0.458 e. The van der Waals surface area contributed by atoms with E-state index in [0.717, 1.165) is 5.56 Å². The lowest BCUT2D eigenvalue weighted by Crippen LogP contribution is -2.39. The van der Waals surface area contributed by atoms with Crippen molar-refractivity contribution in [3.05, 3.63) is 47.8 Å². The lowest BCUT2D eigenvalue weighted by molar-refractivity contribution is -0.193. The number of nitrogens with two attached hydrogens (primary N) is 1. The van der Waals surface area contributed by atoms with Gasteiger partial charge in [-0.05, 0) is 23.8 Å². The molecule has 0 unspecified atom stereocenters. The van der Waals surface area contributed by atoms with E-state index in [1.165, 1.54) is 12.4 Å². The van der Waals surface area contributed by atoms with E-state index in [0.29, 0.717) is 29.2 Å². The number of carbonyl (C=O) groups is 4. The van der Waals surface area contributed by atoms with Crippen molar-refractivity contribution in [3.63, 3.8) is 0 Å². The average Bonchev–Trinajstić information content (AvgIpc) is 2.75. The highest BCUT2D eigenvalue weighted by molar-refractivity contribution is 6.41. The number of pyridine rings is 1. The third-order valence-corrected chi connectivity index (χ3v) is 3.95. The summed E-state index contributed by atoms with van der Waals surface area (Å²) < 4.78 is 72.2. The molecular formula is C19H14F6N4O5. The van der Waals surface area contributed by atoms with Crippen LogP contribution in [0, 0.1) is 0 Å². The molecule has 0 aliphatic carbocycles. The average molecular weight is 492 g/mol. The van der Waals surface area contributed by atoms with E-state index in [4.69, 9.17) is 10.5 Å². The van der Waals surface area contributed by atoms with Crippen molar-refractivity contribution in [2.75, 3.05) is 17.7 Å². The van der Waals surface area contributed by atoms with Crippen LogP contribution in [0.4, 0.5) is 37.7 Å². The van der Waals surface area contributed by atoms with Crippen LogP contribution in [0.2, 0.25) is 0 Å². The highest BCUT2D eigenvalue weighted by Crippen LogP contribution is 2.28. The van der Waals surface area contributed by atoms with Crippen LogP contribution in [0.3, 0.4) is 0 Å². The topological polar surface area (TPSA) is 140 Å². The molecule has 1 aromatic carbocycles. The fourth-order valence-electron chi connectivity index (χ4n) is 2.39. The first kappa shape index (κ1) is 26.1. The standard InChI is InChI=1S/C15H14N4O3.C4F6O2/c16-11-7-17-4-3-10(11)15(21)18-6-9-1-2-13-12(5-9)19-14(20)8-22-13;5-3(6,7)1(11)2(12)4(8,9)10/h1-5,7H,6,8,16H2,(H,18,21)(H,19,20);. The van der Waals surface area contributed by atoms with Crippen molar-refractivity contribution in [1.29, 1.82) is 0 Å². The van der Waals surface area contributed by atoms with Gasteiger partial charge in [0.2, 0.25) is 0 Å². The van der Waals surface area contributed by atoms with Gasteiger partial charge in [-0.1, -0.05) is 6.07 Å². The number of aromatic nitrogens is 1. The number of ketones is 2. The summed E-state index contributed by atoms with van der Waals surface area (Å²) >= 11 is 0. The van der Waals surface area contributed by atoms with Crippen LogP contribution in [0.25, 0.3) is 0 Å². The van der Waals surface area contributed by atoms with Crippen LogP contribution in [-0.4, -0.2) is 47.3 Å². The molecule has 0 fully saturated rings. The minimum absolute atomic E-state index is 0.0183. The molecule has 1 aromatic heterocycles. The van der Waals surface area contributed by atoms with Crippen LogP contribution in [0.1, 0.15) is 15.9 Å². The van der Waals surface area contributed by atoms with Gasteiger partial charge in [0.25, 0.3) is 11.8 Å². The molecule has 0 spiro atoms. The Morgan fingerprint density at radius 1 is 1.06 bits per heavy atom. The summed E-state index contributed by atoms with van der Waals surface area (Å²) in [6.45, 7) is 0.328. The van der Waals surface area contributed by atoms with E-state index < -0.39 is 23.9 Å². The van der Waals surface area contributed by atoms with Gasteiger partial charge in [-0.3, -0.25) is 24.2 Å². The van der Waals surface area contributed by atoms with Crippen LogP contribution in [0.5, 0.6) is 5.75 Å². The highest BCUT2D eigenvalue weighted by atomic mass is 19.4. The van der Waals surface area contributed by atoms with Crippen LogP contribution in [0.15, 0.2) is 36.7 Å². The Balaban J connectivity index is 0.000000292. The highest BCUT2D eigenvalue weighted by Gasteiger charge is 2.54. The van der Waals surface area contributed by atoms with Gasteiger partial charge >= 0.3 is 23.9 Å². The van der Waals surface area contributed by atoms with Crippen molar-refractivity contribution in [1.82, 2.24) is 10.3 Å². The Bertz CT molecular complexity index is 1090. The lowest BCUT2D eigenvalue weighted by atomic mass is 10.1. The molecule has 1 aliphatic heterocycles. The maximum absolute atomic E-state index is 12.1. The molecule has 34 heavy (non-hydrogen) atoms. The van der Waals surface area contributed by atoms with Crippen LogP contribution >= 0.6 is 0 Å². The van der Waals surface area contributed by atoms with Gasteiger partial charge < -0.3 is 21.1 Å². The third kappa shape index (κ3) is 6.91. The summed E-state index contributed by atoms with van der Waals surface area (Å²) in [4.78, 5) is 46.4. The quantitative estimate of drug-likeness (QED) is 0.439. The molecule has 2 amide bonds. The van der Waals surface area contributed by atoms with Gasteiger partial charge in [-0.25, -0.2) is 0 Å². The molecule has 0 saturated heterocycles. The second kappa shape index (κ2) is 10.2. The summed E-state index contributed by atoms with van der Waals surface area (Å²) in [5, 5.41) is 5.50. The Morgan fingerprint density at radius 3 is 2.24 bits per heavy atom.